The van der Waals surface area contributed by atoms with Crippen molar-refractivity contribution in [3.63, 3.8) is 0 Å². The summed E-state index contributed by atoms with van der Waals surface area (Å²) in [5.41, 5.74) is 1.86. The van der Waals surface area contributed by atoms with Crippen molar-refractivity contribution in [1.82, 2.24) is 4.90 Å². The van der Waals surface area contributed by atoms with Gasteiger partial charge in [0, 0.05) is 6.04 Å². The SMILES string of the molecule is Cc1ccc(CC2CCCN2C)cc1F. The van der Waals surface area contributed by atoms with Crippen LogP contribution in [-0.4, -0.2) is 24.5 Å². The van der Waals surface area contributed by atoms with E-state index in [2.05, 4.69) is 11.9 Å². The zero-order valence-electron chi connectivity index (χ0n) is 9.46. The van der Waals surface area contributed by atoms with E-state index in [1.165, 1.54) is 19.4 Å². The highest BCUT2D eigenvalue weighted by molar-refractivity contribution is 5.24. The predicted molar refractivity (Wildman–Crippen MR) is 60.5 cm³/mol. The molecule has 82 valence electrons. The zero-order chi connectivity index (χ0) is 10.8. The molecule has 2 rings (SSSR count). The van der Waals surface area contributed by atoms with Crippen LogP contribution in [0.3, 0.4) is 0 Å². The Bertz CT molecular complexity index is 348. The van der Waals surface area contributed by atoms with Crippen LogP contribution in [0.25, 0.3) is 0 Å². The maximum atomic E-state index is 13.3. The number of likely N-dealkylation sites (N-methyl/N-ethyl adjacent to an activating group) is 1. The minimum absolute atomic E-state index is 0.0758. The Kier molecular flexibility index (Phi) is 3.06. The zero-order valence-corrected chi connectivity index (χ0v) is 9.46. The van der Waals surface area contributed by atoms with Gasteiger partial charge in [0.15, 0.2) is 0 Å². The van der Waals surface area contributed by atoms with E-state index >= 15 is 0 Å². The summed E-state index contributed by atoms with van der Waals surface area (Å²) in [6.07, 6.45) is 3.50. The smallest absolute Gasteiger partial charge is 0.126 e. The largest absolute Gasteiger partial charge is 0.303 e. The highest BCUT2D eigenvalue weighted by Gasteiger charge is 2.20. The van der Waals surface area contributed by atoms with Crippen LogP contribution in [0.4, 0.5) is 4.39 Å². The summed E-state index contributed by atoms with van der Waals surface area (Å²) in [7, 11) is 2.15. The van der Waals surface area contributed by atoms with Gasteiger partial charge < -0.3 is 4.90 Å². The van der Waals surface area contributed by atoms with Crippen molar-refractivity contribution < 1.29 is 4.39 Å². The molecule has 0 N–H and O–H groups in total. The van der Waals surface area contributed by atoms with E-state index in [1.54, 1.807) is 13.0 Å². The normalized spacial score (nSPS) is 22.2. The summed E-state index contributed by atoms with van der Waals surface area (Å²) in [5, 5.41) is 0. The fourth-order valence-corrected chi connectivity index (χ4v) is 2.27. The molecule has 1 aliphatic heterocycles. The minimum atomic E-state index is -0.0758. The molecule has 0 spiro atoms. The molecule has 1 fully saturated rings. The van der Waals surface area contributed by atoms with Gasteiger partial charge >= 0.3 is 0 Å². The van der Waals surface area contributed by atoms with Gasteiger partial charge in [-0.3, -0.25) is 0 Å². The Morgan fingerprint density at radius 2 is 2.27 bits per heavy atom. The molecule has 0 aromatic heterocycles. The quantitative estimate of drug-likeness (QED) is 0.720. The fraction of sp³-hybridized carbons (Fsp3) is 0.538. The maximum Gasteiger partial charge on any atom is 0.126 e. The second-order valence-electron chi connectivity index (χ2n) is 4.56. The summed E-state index contributed by atoms with van der Waals surface area (Å²) >= 11 is 0. The van der Waals surface area contributed by atoms with Gasteiger partial charge in [0.25, 0.3) is 0 Å². The van der Waals surface area contributed by atoms with Crippen molar-refractivity contribution in [2.24, 2.45) is 0 Å². The van der Waals surface area contributed by atoms with Crippen molar-refractivity contribution >= 4 is 0 Å². The van der Waals surface area contributed by atoms with Gasteiger partial charge in [-0.05, 0) is 57.0 Å². The van der Waals surface area contributed by atoms with Crippen molar-refractivity contribution in [3.05, 3.63) is 35.1 Å². The van der Waals surface area contributed by atoms with E-state index < -0.39 is 0 Å². The van der Waals surface area contributed by atoms with Crippen LogP contribution in [-0.2, 0) is 6.42 Å². The monoisotopic (exact) mass is 207 g/mol. The van der Waals surface area contributed by atoms with Crippen LogP contribution in [0.5, 0.6) is 0 Å². The lowest BCUT2D eigenvalue weighted by Gasteiger charge is -2.19. The van der Waals surface area contributed by atoms with Crippen molar-refractivity contribution in [2.75, 3.05) is 13.6 Å². The van der Waals surface area contributed by atoms with Gasteiger partial charge in [0.1, 0.15) is 5.82 Å². The summed E-state index contributed by atoms with van der Waals surface area (Å²) in [5.74, 6) is -0.0758. The summed E-state index contributed by atoms with van der Waals surface area (Å²) in [4.78, 5) is 2.37. The molecule has 1 nitrogen and oxygen atoms in total. The highest BCUT2D eigenvalue weighted by atomic mass is 19.1. The standard InChI is InChI=1S/C13H18FN/c1-10-5-6-11(9-13(10)14)8-12-4-3-7-15(12)2/h5-6,9,12H,3-4,7-8H2,1-2H3. The number of aryl methyl sites for hydroxylation is 1. The topological polar surface area (TPSA) is 3.24 Å². The fourth-order valence-electron chi connectivity index (χ4n) is 2.27. The molecule has 2 heteroatoms. The first kappa shape index (κ1) is 10.6. The molecule has 15 heavy (non-hydrogen) atoms. The van der Waals surface area contributed by atoms with Crippen LogP contribution >= 0.6 is 0 Å². The third-order valence-corrected chi connectivity index (χ3v) is 3.38. The summed E-state index contributed by atoms with van der Waals surface area (Å²) in [6.45, 7) is 2.99. The van der Waals surface area contributed by atoms with Crippen molar-refractivity contribution in [1.29, 1.82) is 0 Å². The number of likely N-dealkylation sites (tertiary alicyclic amines) is 1. The highest BCUT2D eigenvalue weighted by Crippen LogP contribution is 2.20. The van der Waals surface area contributed by atoms with Crippen LogP contribution in [0.1, 0.15) is 24.0 Å². The molecule has 1 aromatic carbocycles. The molecule has 1 saturated heterocycles. The minimum Gasteiger partial charge on any atom is -0.303 e. The second-order valence-corrected chi connectivity index (χ2v) is 4.56. The number of hydrogen-bond donors (Lipinski definition) is 0. The van der Waals surface area contributed by atoms with Crippen LogP contribution in [0, 0.1) is 12.7 Å². The molecule has 1 atom stereocenters. The van der Waals surface area contributed by atoms with E-state index in [0.29, 0.717) is 6.04 Å². The molecule has 1 heterocycles. The molecular weight excluding hydrogens is 189 g/mol. The van der Waals surface area contributed by atoms with Crippen LogP contribution < -0.4 is 0 Å². The number of nitrogens with zero attached hydrogens (tertiary/aromatic N) is 1. The molecule has 1 aromatic rings. The van der Waals surface area contributed by atoms with E-state index in [-0.39, 0.29) is 5.82 Å². The maximum absolute atomic E-state index is 13.3. The number of hydrogen-bond acceptors (Lipinski definition) is 1. The first-order valence-electron chi connectivity index (χ1n) is 5.62. The molecule has 0 saturated carbocycles. The molecular formula is C13H18FN. The molecule has 0 bridgehead atoms. The van der Waals surface area contributed by atoms with Gasteiger partial charge in [-0.2, -0.15) is 0 Å². The third kappa shape index (κ3) is 2.37. The Balaban J connectivity index is 2.07. The van der Waals surface area contributed by atoms with Crippen molar-refractivity contribution in [2.45, 2.75) is 32.2 Å². The van der Waals surface area contributed by atoms with E-state index in [4.69, 9.17) is 0 Å². The lowest BCUT2D eigenvalue weighted by atomic mass is 10.0. The first-order valence-corrected chi connectivity index (χ1v) is 5.62. The van der Waals surface area contributed by atoms with Crippen LogP contribution in [0.2, 0.25) is 0 Å². The van der Waals surface area contributed by atoms with Gasteiger partial charge in [0.2, 0.25) is 0 Å². The Hall–Kier alpha value is -0.890. The Morgan fingerprint density at radius 1 is 1.47 bits per heavy atom. The van der Waals surface area contributed by atoms with Gasteiger partial charge in [-0.1, -0.05) is 12.1 Å². The van der Waals surface area contributed by atoms with Gasteiger partial charge in [0.05, 0.1) is 0 Å². The average Bonchev–Trinajstić information content (AvgIpc) is 2.59. The van der Waals surface area contributed by atoms with E-state index in [1.807, 2.05) is 12.1 Å². The molecule has 1 aliphatic rings. The van der Waals surface area contributed by atoms with Crippen LogP contribution in [0.15, 0.2) is 18.2 Å². The number of rotatable bonds is 2. The lowest BCUT2D eigenvalue weighted by molar-refractivity contribution is 0.309. The summed E-state index contributed by atoms with van der Waals surface area (Å²) in [6, 6.07) is 6.21. The Morgan fingerprint density at radius 3 is 2.87 bits per heavy atom. The Labute approximate surface area is 90.9 Å². The lowest BCUT2D eigenvalue weighted by Crippen LogP contribution is -2.26. The molecule has 0 amide bonds. The predicted octanol–water partition coefficient (Wildman–Crippen LogP) is 2.77. The van der Waals surface area contributed by atoms with Crippen molar-refractivity contribution in [3.8, 4) is 0 Å². The third-order valence-electron chi connectivity index (χ3n) is 3.38. The molecule has 0 radical (unpaired) electrons. The van der Waals surface area contributed by atoms with E-state index in [0.717, 1.165) is 17.5 Å². The molecule has 0 aliphatic carbocycles. The average molecular weight is 207 g/mol. The number of benzene rings is 1. The molecule has 1 unspecified atom stereocenters. The summed E-state index contributed by atoms with van der Waals surface area (Å²) < 4.78 is 13.3. The van der Waals surface area contributed by atoms with E-state index in [9.17, 15) is 4.39 Å². The van der Waals surface area contributed by atoms with Gasteiger partial charge in [-0.25, -0.2) is 4.39 Å². The number of halogens is 1. The first-order chi connectivity index (χ1) is 7.16. The van der Waals surface area contributed by atoms with Gasteiger partial charge in [-0.15, -0.1) is 0 Å². The second kappa shape index (κ2) is 4.31.